The fourth-order valence-corrected chi connectivity index (χ4v) is 4.97. The zero-order valence-electron chi connectivity index (χ0n) is 26.2. The minimum Gasteiger partial charge on any atom is -0.394 e. The van der Waals surface area contributed by atoms with Crippen molar-refractivity contribution in [3.8, 4) is 0 Å². The van der Waals surface area contributed by atoms with Crippen LogP contribution < -0.4 is 5.32 Å². The molecule has 9 nitrogen and oxygen atoms in total. The summed E-state index contributed by atoms with van der Waals surface area (Å²) in [5, 5.41) is 53.4. The van der Waals surface area contributed by atoms with Crippen molar-refractivity contribution in [3.63, 3.8) is 0 Å². The number of nitrogens with one attached hydrogen (secondary N) is 1. The Morgan fingerprint density at radius 2 is 1.33 bits per heavy atom. The quantitative estimate of drug-likeness (QED) is 0.0667. The van der Waals surface area contributed by atoms with E-state index in [1.807, 2.05) is 6.08 Å². The van der Waals surface area contributed by atoms with E-state index >= 15 is 0 Å². The van der Waals surface area contributed by atoms with Gasteiger partial charge in [-0.3, -0.25) is 4.79 Å². The fourth-order valence-electron chi connectivity index (χ4n) is 4.97. The predicted molar refractivity (Wildman–Crippen MR) is 166 cm³/mol. The van der Waals surface area contributed by atoms with Gasteiger partial charge in [-0.15, -0.1) is 0 Å². The normalized spacial score (nSPS) is 24.4. The first-order valence-corrected chi connectivity index (χ1v) is 16.6. The number of aliphatic hydroxyl groups excluding tert-OH is 5. The molecule has 9 heteroatoms. The van der Waals surface area contributed by atoms with Crippen molar-refractivity contribution in [1.82, 2.24) is 5.32 Å². The molecule has 0 radical (unpaired) electrons. The Balaban J connectivity index is 2.51. The minimum atomic E-state index is -1.56. The monoisotopic (exact) mass is 599 g/mol. The van der Waals surface area contributed by atoms with Crippen LogP contribution in [-0.4, -0.2) is 87.5 Å². The van der Waals surface area contributed by atoms with Gasteiger partial charge in [0.05, 0.1) is 25.4 Å². The molecule has 6 N–H and O–H groups in total. The van der Waals surface area contributed by atoms with Gasteiger partial charge in [0.15, 0.2) is 6.29 Å². The number of ether oxygens (including phenoxy) is 2. The van der Waals surface area contributed by atoms with E-state index in [9.17, 15) is 30.3 Å². The summed E-state index contributed by atoms with van der Waals surface area (Å²) in [5.41, 5.74) is 0. The number of hydrogen-bond acceptors (Lipinski definition) is 8. The Hall–Kier alpha value is -1.33. The SMILES string of the molecule is CCCCC/C=C\CCCCCCCC(=O)NC(COC1OC(CO)C(O)C(O)C1O)C(O)/C=C/CCCCCCC. The number of rotatable bonds is 25. The van der Waals surface area contributed by atoms with Gasteiger partial charge in [0, 0.05) is 6.42 Å². The van der Waals surface area contributed by atoms with Gasteiger partial charge >= 0.3 is 0 Å². The molecule has 1 saturated heterocycles. The van der Waals surface area contributed by atoms with Crippen molar-refractivity contribution in [2.75, 3.05) is 13.2 Å². The summed E-state index contributed by atoms with van der Waals surface area (Å²) < 4.78 is 11.1. The van der Waals surface area contributed by atoms with E-state index in [-0.39, 0.29) is 12.5 Å². The zero-order valence-corrected chi connectivity index (χ0v) is 26.2. The summed E-state index contributed by atoms with van der Waals surface area (Å²) in [6.45, 7) is 3.63. The maximum atomic E-state index is 12.7. The second kappa shape index (κ2) is 25.0. The van der Waals surface area contributed by atoms with Crippen molar-refractivity contribution >= 4 is 5.91 Å². The Bertz CT molecular complexity index is 716. The second-order valence-corrected chi connectivity index (χ2v) is 11.6. The van der Waals surface area contributed by atoms with Crippen molar-refractivity contribution in [1.29, 1.82) is 0 Å². The Morgan fingerprint density at radius 3 is 1.98 bits per heavy atom. The molecular formula is C33H61NO8. The molecule has 1 rings (SSSR count). The predicted octanol–water partition coefficient (Wildman–Crippen LogP) is 4.43. The van der Waals surface area contributed by atoms with E-state index in [0.717, 1.165) is 57.8 Å². The molecule has 1 amide bonds. The molecule has 1 aliphatic heterocycles. The first-order chi connectivity index (χ1) is 20.3. The largest absolute Gasteiger partial charge is 0.394 e. The lowest BCUT2D eigenvalue weighted by atomic mass is 9.99. The number of unbranched alkanes of at least 4 members (excludes halogenated alkanes) is 13. The second-order valence-electron chi connectivity index (χ2n) is 11.6. The molecule has 0 aromatic rings. The van der Waals surface area contributed by atoms with Crippen molar-refractivity contribution < 1.29 is 39.8 Å². The van der Waals surface area contributed by atoms with Crippen LogP contribution in [0.15, 0.2) is 24.3 Å². The van der Waals surface area contributed by atoms with Crippen LogP contribution in [0.1, 0.15) is 123 Å². The van der Waals surface area contributed by atoms with E-state index in [1.54, 1.807) is 6.08 Å². The van der Waals surface area contributed by atoms with E-state index in [4.69, 9.17) is 9.47 Å². The summed E-state index contributed by atoms with van der Waals surface area (Å²) in [5.74, 6) is -0.195. The Kier molecular flexibility index (Phi) is 23.1. The number of amides is 1. The number of hydrogen-bond donors (Lipinski definition) is 6. The van der Waals surface area contributed by atoms with E-state index in [2.05, 4.69) is 31.3 Å². The van der Waals surface area contributed by atoms with Gasteiger partial charge in [-0.1, -0.05) is 95.9 Å². The number of aliphatic hydroxyl groups is 5. The molecule has 0 spiro atoms. The molecule has 246 valence electrons. The maximum absolute atomic E-state index is 12.7. The average molecular weight is 600 g/mol. The highest BCUT2D eigenvalue weighted by Crippen LogP contribution is 2.22. The van der Waals surface area contributed by atoms with Gasteiger partial charge in [0.1, 0.15) is 24.4 Å². The third-order valence-corrected chi connectivity index (χ3v) is 7.77. The van der Waals surface area contributed by atoms with Crippen molar-refractivity contribution in [2.24, 2.45) is 0 Å². The van der Waals surface area contributed by atoms with Gasteiger partial charge in [-0.2, -0.15) is 0 Å². The first-order valence-electron chi connectivity index (χ1n) is 16.6. The molecule has 7 atom stereocenters. The lowest BCUT2D eigenvalue weighted by molar-refractivity contribution is -0.302. The van der Waals surface area contributed by atoms with E-state index in [0.29, 0.717) is 6.42 Å². The summed E-state index contributed by atoms with van der Waals surface area (Å²) in [7, 11) is 0. The van der Waals surface area contributed by atoms with Gasteiger partial charge in [0.25, 0.3) is 0 Å². The molecule has 7 unspecified atom stereocenters. The van der Waals surface area contributed by atoms with Crippen LogP contribution in [0.4, 0.5) is 0 Å². The molecule has 0 aromatic heterocycles. The van der Waals surface area contributed by atoms with Crippen LogP contribution in [0.2, 0.25) is 0 Å². The third-order valence-electron chi connectivity index (χ3n) is 7.77. The van der Waals surface area contributed by atoms with Crippen LogP contribution in [0.25, 0.3) is 0 Å². The average Bonchev–Trinajstić information content (AvgIpc) is 2.98. The third kappa shape index (κ3) is 17.1. The summed E-state index contributed by atoms with van der Waals surface area (Å²) in [6, 6.07) is -0.801. The zero-order chi connectivity index (χ0) is 31.0. The Labute approximate surface area is 254 Å². The van der Waals surface area contributed by atoms with Crippen molar-refractivity contribution in [2.45, 2.75) is 166 Å². The fraction of sp³-hybridized carbons (Fsp3) is 0.848. The number of allylic oxidation sites excluding steroid dienone is 3. The molecule has 1 heterocycles. The molecule has 42 heavy (non-hydrogen) atoms. The van der Waals surface area contributed by atoms with E-state index in [1.165, 1.54) is 44.9 Å². The van der Waals surface area contributed by atoms with Gasteiger partial charge in [0.2, 0.25) is 5.91 Å². The molecule has 0 aromatic carbocycles. The highest BCUT2D eigenvalue weighted by Gasteiger charge is 2.44. The van der Waals surface area contributed by atoms with Crippen molar-refractivity contribution in [3.05, 3.63) is 24.3 Å². The summed E-state index contributed by atoms with van der Waals surface area (Å²) >= 11 is 0. The van der Waals surface area contributed by atoms with Gasteiger partial charge in [-0.25, -0.2) is 0 Å². The maximum Gasteiger partial charge on any atom is 0.220 e. The Morgan fingerprint density at radius 1 is 0.786 bits per heavy atom. The van der Waals surface area contributed by atoms with Crippen LogP contribution in [-0.2, 0) is 14.3 Å². The molecule has 0 saturated carbocycles. The number of carbonyl (C=O) groups excluding carboxylic acids is 1. The molecule has 1 aliphatic rings. The standard InChI is InChI=1S/C33H61NO8/c1-3-5-7-9-11-12-13-14-15-17-19-21-23-29(37)34-26(27(36)22-20-18-16-10-8-6-4-2)25-41-33-32(40)31(39)30(38)28(24-35)42-33/h11-12,20,22,26-28,30-33,35-36,38-40H,3-10,13-19,21,23-25H2,1-2H3,(H,34,37)/b12-11-,22-20+. The smallest absolute Gasteiger partial charge is 0.220 e. The highest BCUT2D eigenvalue weighted by molar-refractivity contribution is 5.76. The topological polar surface area (TPSA) is 149 Å². The van der Waals surface area contributed by atoms with Crippen LogP contribution in [0, 0.1) is 0 Å². The highest BCUT2D eigenvalue weighted by atomic mass is 16.7. The minimum absolute atomic E-state index is 0.192. The summed E-state index contributed by atoms with van der Waals surface area (Å²) in [6.07, 6.45) is 18.1. The van der Waals surface area contributed by atoms with Crippen LogP contribution in [0.3, 0.4) is 0 Å². The van der Waals surface area contributed by atoms with Gasteiger partial charge < -0.3 is 40.3 Å². The molecule has 0 bridgehead atoms. The lowest BCUT2D eigenvalue weighted by Gasteiger charge is -2.40. The van der Waals surface area contributed by atoms with E-state index < -0.39 is 49.5 Å². The molecule has 0 aliphatic carbocycles. The molecule has 1 fully saturated rings. The summed E-state index contributed by atoms with van der Waals surface area (Å²) in [4.78, 5) is 12.7. The number of carbonyl (C=O) groups is 1. The molecular weight excluding hydrogens is 538 g/mol. The van der Waals surface area contributed by atoms with Gasteiger partial charge in [-0.05, 0) is 44.9 Å². The van der Waals surface area contributed by atoms with Crippen LogP contribution in [0.5, 0.6) is 0 Å². The van der Waals surface area contributed by atoms with Crippen LogP contribution >= 0.6 is 0 Å². The lowest BCUT2D eigenvalue weighted by Crippen LogP contribution is -2.60. The first kappa shape index (κ1) is 38.7.